The summed E-state index contributed by atoms with van der Waals surface area (Å²) in [5.41, 5.74) is 8.79. The molecule has 6 heteroatoms. The molecule has 2 N–H and O–H groups in total. The van der Waals surface area contributed by atoms with Gasteiger partial charge in [0.25, 0.3) is 11.8 Å². The summed E-state index contributed by atoms with van der Waals surface area (Å²) < 4.78 is 0. The van der Waals surface area contributed by atoms with E-state index in [0.717, 1.165) is 30.8 Å². The van der Waals surface area contributed by atoms with Gasteiger partial charge in [0.2, 0.25) is 0 Å². The topological polar surface area (TPSA) is 64.7 Å². The predicted octanol–water partition coefficient (Wildman–Crippen LogP) is 1.97. The molecule has 2 aromatic rings. The smallest absolute Gasteiger partial charge is 0.269 e. The Labute approximate surface area is 153 Å². The van der Waals surface area contributed by atoms with Crippen molar-refractivity contribution < 1.29 is 9.59 Å². The molecule has 1 aliphatic heterocycles. The van der Waals surface area contributed by atoms with Gasteiger partial charge in [-0.25, -0.2) is 0 Å². The summed E-state index contributed by atoms with van der Waals surface area (Å²) in [5, 5.41) is 0. The first-order valence-electron chi connectivity index (χ1n) is 8.74. The second-order valence-electron chi connectivity index (χ2n) is 6.60. The van der Waals surface area contributed by atoms with Crippen LogP contribution in [-0.2, 0) is 11.2 Å². The molecular weight excluding hydrogens is 328 g/mol. The zero-order chi connectivity index (χ0) is 18.5. The largest absolute Gasteiger partial charge is 0.378 e. The lowest BCUT2D eigenvalue weighted by Crippen LogP contribution is -2.47. The highest BCUT2D eigenvalue weighted by atomic mass is 16.2. The molecule has 0 saturated carbocycles. The highest BCUT2D eigenvalue weighted by Gasteiger charge is 2.19. The van der Waals surface area contributed by atoms with Gasteiger partial charge in [0.15, 0.2) is 0 Å². The van der Waals surface area contributed by atoms with E-state index < -0.39 is 0 Å². The first kappa shape index (κ1) is 17.8. The maximum Gasteiger partial charge on any atom is 0.269 e. The summed E-state index contributed by atoms with van der Waals surface area (Å²) in [6.07, 6.45) is 2.06. The van der Waals surface area contributed by atoms with E-state index in [1.54, 1.807) is 12.1 Å². The number of rotatable bonds is 4. The third kappa shape index (κ3) is 4.14. The van der Waals surface area contributed by atoms with Gasteiger partial charge in [-0.1, -0.05) is 24.3 Å². The molecule has 2 amide bonds. The van der Waals surface area contributed by atoms with E-state index in [1.165, 1.54) is 5.56 Å². The third-order valence-electron chi connectivity index (χ3n) is 4.48. The average Bonchev–Trinajstić information content (AvgIpc) is 2.66. The fourth-order valence-electron chi connectivity index (χ4n) is 3.11. The second-order valence-corrected chi connectivity index (χ2v) is 6.60. The molecule has 0 spiro atoms. The standard InChI is InChI=1S/C20H24N4O2/c1-23(2)17-10-5-8-16(13-17)20(26)22-21-19(25)14-24-12-6-9-15-7-3-4-11-18(15)24/h3-5,7-8,10-11,13H,6,9,12,14H2,1-2H3,(H,21,25)(H,22,26). The monoisotopic (exact) mass is 352 g/mol. The Morgan fingerprint density at radius 3 is 2.69 bits per heavy atom. The van der Waals surface area contributed by atoms with Gasteiger partial charge < -0.3 is 9.80 Å². The highest BCUT2D eigenvalue weighted by Crippen LogP contribution is 2.26. The van der Waals surface area contributed by atoms with Crippen molar-refractivity contribution in [2.45, 2.75) is 12.8 Å². The van der Waals surface area contributed by atoms with Crippen molar-refractivity contribution in [3.8, 4) is 0 Å². The fraction of sp³-hybridized carbons (Fsp3) is 0.300. The van der Waals surface area contributed by atoms with Crippen LogP contribution in [-0.4, -0.2) is 39.0 Å². The first-order valence-corrected chi connectivity index (χ1v) is 8.74. The summed E-state index contributed by atoms with van der Waals surface area (Å²) in [7, 11) is 3.82. The summed E-state index contributed by atoms with van der Waals surface area (Å²) in [4.78, 5) is 28.5. The molecule has 0 saturated heterocycles. The predicted molar refractivity (Wildman–Crippen MR) is 103 cm³/mol. The van der Waals surface area contributed by atoms with Crippen LogP contribution >= 0.6 is 0 Å². The van der Waals surface area contributed by atoms with Gasteiger partial charge in [0.05, 0.1) is 6.54 Å². The van der Waals surface area contributed by atoms with Gasteiger partial charge in [-0.05, 0) is 42.7 Å². The van der Waals surface area contributed by atoms with E-state index in [1.807, 2.05) is 54.2 Å². The number of fused-ring (bicyclic) bond motifs is 1. The number of amides is 2. The molecular formula is C20H24N4O2. The molecule has 0 unspecified atom stereocenters. The molecule has 2 aromatic carbocycles. The molecule has 26 heavy (non-hydrogen) atoms. The molecule has 136 valence electrons. The van der Waals surface area contributed by atoms with E-state index in [2.05, 4.69) is 16.9 Å². The van der Waals surface area contributed by atoms with Gasteiger partial charge in [-0.15, -0.1) is 0 Å². The molecule has 0 aliphatic carbocycles. The van der Waals surface area contributed by atoms with Crippen molar-refractivity contribution in [2.75, 3.05) is 37.0 Å². The van der Waals surface area contributed by atoms with Crippen LogP contribution in [0.4, 0.5) is 11.4 Å². The van der Waals surface area contributed by atoms with E-state index >= 15 is 0 Å². The summed E-state index contributed by atoms with van der Waals surface area (Å²) in [6.45, 7) is 1.05. The Bertz CT molecular complexity index is 804. The molecule has 1 aliphatic rings. The molecule has 0 radical (unpaired) electrons. The van der Waals surface area contributed by atoms with Crippen molar-refractivity contribution in [3.05, 3.63) is 59.7 Å². The number of hydrazine groups is 1. The quantitative estimate of drug-likeness (QED) is 0.826. The minimum absolute atomic E-state index is 0.217. The van der Waals surface area contributed by atoms with Crippen LogP contribution in [0, 0.1) is 0 Å². The number of anilines is 2. The normalized spacial score (nSPS) is 12.9. The number of para-hydroxylation sites is 1. The number of nitrogens with zero attached hydrogens (tertiary/aromatic N) is 2. The number of carbonyl (C=O) groups excluding carboxylic acids is 2. The lowest BCUT2D eigenvalue weighted by molar-refractivity contribution is -0.120. The number of hydrogen-bond acceptors (Lipinski definition) is 4. The molecule has 3 rings (SSSR count). The van der Waals surface area contributed by atoms with E-state index in [4.69, 9.17) is 0 Å². The van der Waals surface area contributed by atoms with Crippen LogP contribution < -0.4 is 20.7 Å². The Hall–Kier alpha value is -3.02. The lowest BCUT2D eigenvalue weighted by Gasteiger charge is -2.30. The first-order chi connectivity index (χ1) is 12.5. The van der Waals surface area contributed by atoms with Crippen LogP contribution in [0.5, 0.6) is 0 Å². The van der Waals surface area contributed by atoms with Gasteiger partial charge >= 0.3 is 0 Å². The third-order valence-corrected chi connectivity index (χ3v) is 4.48. The van der Waals surface area contributed by atoms with Gasteiger partial charge in [-0.3, -0.25) is 20.4 Å². The number of benzene rings is 2. The van der Waals surface area contributed by atoms with Crippen molar-refractivity contribution in [1.29, 1.82) is 0 Å². The maximum atomic E-state index is 12.3. The lowest BCUT2D eigenvalue weighted by atomic mass is 10.0. The number of aryl methyl sites for hydroxylation is 1. The summed E-state index contributed by atoms with van der Waals surface area (Å²) in [5.74, 6) is -0.570. The van der Waals surface area contributed by atoms with Crippen molar-refractivity contribution in [1.82, 2.24) is 10.9 Å². The SMILES string of the molecule is CN(C)c1cccc(C(=O)NNC(=O)CN2CCCc3ccccc32)c1. The second kappa shape index (κ2) is 7.91. The van der Waals surface area contributed by atoms with Crippen LogP contribution in [0.15, 0.2) is 48.5 Å². The molecule has 6 nitrogen and oxygen atoms in total. The Balaban J connectivity index is 1.56. The van der Waals surface area contributed by atoms with Gasteiger partial charge in [-0.2, -0.15) is 0 Å². The minimum Gasteiger partial charge on any atom is -0.378 e. The Morgan fingerprint density at radius 1 is 1.08 bits per heavy atom. The van der Waals surface area contributed by atoms with Gasteiger partial charge in [0, 0.05) is 37.6 Å². The van der Waals surface area contributed by atoms with Crippen molar-refractivity contribution in [2.24, 2.45) is 0 Å². The van der Waals surface area contributed by atoms with E-state index in [9.17, 15) is 9.59 Å². The molecule has 0 bridgehead atoms. The molecule has 0 fully saturated rings. The van der Waals surface area contributed by atoms with Crippen LogP contribution in [0.1, 0.15) is 22.3 Å². The highest BCUT2D eigenvalue weighted by molar-refractivity contribution is 5.96. The Kier molecular flexibility index (Phi) is 5.41. The van der Waals surface area contributed by atoms with Crippen molar-refractivity contribution >= 4 is 23.2 Å². The average molecular weight is 352 g/mol. The zero-order valence-electron chi connectivity index (χ0n) is 15.2. The van der Waals surface area contributed by atoms with Crippen LogP contribution in [0.25, 0.3) is 0 Å². The Morgan fingerprint density at radius 2 is 1.88 bits per heavy atom. The maximum absolute atomic E-state index is 12.3. The van der Waals surface area contributed by atoms with Crippen LogP contribution in [0.2, 0.25) is 0 Å². The number of carbonyl (C=O) groups is 2. The molecule has 1 heterocycles. The molecule has 0 atom stereocenters. The fourth-order valence-corrected chi connectivity index (χ4v) is 3.11. The van der Waals surface area contributed by atoms with E-state index in [0.29, 0.717) is 5.56 Å². The van der Waals surface area contributed by atoms with Crippen LogP contribution in [0.3, 0.4) is 0 Å². The number of nitrogens with one attached hydrogen (secondary N) is 2. The number of hydrogen-bond donors (Lipinski definition) is 2. The summed E-state index contributed by atoms with van der Waals surface area (Å²) in [6, 6.07) is 15.4. The van der Waals surface area contributed by atoms with Crippen molar-refractivity contribution in [3.63, 3.8) is 0 Å². The minimum atomic E-state index is -0.332. The van der Waals surface area contributed by atoms with Gasteiger partial charge in [0.1, 0.15) is 0 Å². The van der Waals surface area contributed by atoms with E-state index in [-0.39, 0.29) is 18.4 Å². The molecule has 0 aromatic heterocycles. The zero-order valence-corrected chi connectivity index (χ0v) is 15.2. The summed E-state index contributed by atoms with van der Waals surface area (Å²) >= 11 is 0.